The van der Waals surface area contributed by atoms with Crippen molar-refractivity contribution in [1.82, 2.24) is 5.32 Å². The van der Waals surface area contributed by atoms with E-state index in [-0.39, 0.29) is 5.91 Å². The molecule has 1 aromatic rings. The highest BCUT2D eigenvalue weighted by Crippen LogP contribution is 2.28. The SMILES string of the molecule is COc1ccc(CNC(=O)C2(O)CCCCC2)cc1. The van der Waals surface area contributed by atoms with E-state index in [0.29, 0.717) is 19.4 Å². The number of hydrogen-bond donors (Lipinski definition) is 2. The van der Waals surface area contributed by atoms with Crippen LogP contribution in [0.2, 0.25) is 0 Å². The van der Waals surface area contributed by atoms with Crippen LogP contribution >= 0.6 is 0 Å². The molecule has 4 nitrogen and oxygen atoms in total. The number of methoxy groups -OCH3 is 1. The van der Waals surface area contributed by atoms with Gasteiger partial charge >= 0.3 is 0 Å². The number of nitrogens with one attached hydrogen (secondary N) is 1. The summed E-state index contributed by atoms with van der Waals surface area (Å²) >= 11 is 0. The van der Waals surface area contributed by atoms with Crippen LogP contribution in [0.25, 0.3) is 0 Å². The van der Waals surface area contributed by atoms with E-state index in [1.54, 1.807) is 7.11 Å². The molecule has 0 spiro atoms. The monoisotopic (exact) mass is 263 g/mol. The van der Waals surface area contributed by atoms with Crippen LogP contribution in [0.1, 0.15) is 37.7 Å². The summed E-state index contributed by atoms with van der Waals surface area (Å²) in [5.41, 5.74) is -0.168. The summed E-state index contributed by atoms with van der Waals surface area (Å²) in [5.74, 6) is 0.545. The van der Waals surface area contributed by atoms with Gasteiger partial charge in [-0.25, -0.2) is 0 Å². The molecule has 4 heteroatoms. The lowest BCUT2D eigenvalue weighted by atomic mass is 9.84. The fourth-order valence-corrected chi connectivity index (χ4v) is 2.45. The lowest BCUT2D eigenvalue weighted by molar-refractivity contribution is -0.143. The Balaban J connectivity index is 1.88. The highest BCUT2D eigenvalue weighted by atomic mass is 16.5. The van der Waals surface area contributed by atoms with Gasteiger partial charge in [-0.05, 0) is 30.5 Å². The van der Waals surface area contributed by atoms with Gasteiger partial charge in [0.15, 0.2) is 0 Å². The topological polar surface area (TPSA) is 58.6 Å². The fraction of sp³-hybridized carbons (Fsp3) is 0.533. The molecule has 1 amide bonds. The molecule has 0 unspecified atom stereocenters. The van der Waals surface area contributed by atoms with Crippen molar-refractivity contribution in [3.05, 3.63) is 29.8 Å². The molecule has 1 aliphatic rings. The first-order chi connectivity index (χ1) is 9.14. The van der Waals surface area contributed by atoms with Crippen molar-refractivity contribution >= 4 is 5.91 Å². The van der Waals surface area contributed by atoms with Crippen molar-refractivity contribution in [2.24, 2.45) is 0 Å². The number of carbonyl (C=O) groups excluding carboxylic acids is 1. The number of hydrogen-bond acceptors (Lipinski definition) is 3. The molecule has 1 aromatic carbocycles. The molecule has 0 radical (unpaired) electrons. The number of rotatable bonds is 4. The average molecular weight is 263 g/mol. The lowest BCUT2D eigenvalue weighted by Crippen LogP contribution is -2.47. The lowest BCUT2D eigenvalue weighted by Gasteiger charge is -2.30. The van der Waals surface area contributed by atoms with Crippen LogP contribution in [0.15, 0.2) is 24.3 Å². The predicted octanol–water partition coefficient (Wildman–Crippen LogP) is 2.01. The molecule has 1 aliphatic carbocycles. The third kappa shape index (κ3) is 3.47. The first-order valence-electron chi connectivity index (χ1n) is 6.78. The average Bonchev–Trinajstić information content (AvgIpc) is 2.46. The number of ether oxygens (including phenoxy) is 1. The second-order valence-electron chi connectivity index (χ2n) is 5.12. The van der Waals surface area contributed by atoms with E-state index in [1.807, 2.05) is 24.3 Å². The smallest absolute Gasteiger partial charge is 0.252 e. The first kappa shape index (κ1) is 13.9. The van der Waals surface area contributed by atoms with Gasteiger partial charge in [-0.3, -0.25) is 4.79 Å². The Kier molecular flexibility index (Phi) is 4.43. The van der Waals surface area contributed by atoms with E-state index in [0.717, 1.165) is 30.6 Å². The zero-order chi connectivity index (χ0) is 13.7. The minimum absolute atomic E-state index is 0.247. The van der Waals surface area contributed by atoms with Crippen LogP contribution in [0.4, 0.5) is 0 Å². The molecule has 0 aliphatic heterocycles. The standard InChI is InChI=1S/C15H21NO3/c1-19-13-7-5-12(6-8-13)11-16-14(17)15(18)9-3-2-4-10-15/h5-8,18H,2-4,9-11H2,1H3,(H,16,17). The molecular weight excluding hydrogens is 242 g/mol. The van der Waals surface area contributed by atoms with Gasteiger partial charge in [0, 0.05) is 6.54 Å². The number of benzene rings is 1. The molecule has 1 fully saturated rings. The summed E-state index contributed by atoms with van der Waals surface area (Å²) < 4.78 is 5.08. The van der Waals surface area contributed by atoms with E-state index in [9.17, 15) is 9.90 Å². The first-order valence-corrected chi connectivity index (χ1v) is 6.78. The van der Waals surface area contributed by atoms with E-state index in [2.05, 4.69) is 5.32 Å². The van der Waals surface area contributed by atoms with Crippen LogP contribution in [0.3, 0.4) is 0 Å². The summed E-state index contributed by atoms with van der Waals surface area (Å²) in [6.07, 6.45) is 4.09. The molecular formula is C15H21NO3. The van der Waals surface area contributed by atoms with Gasteiger partial charge in [0.25, 0.3) is 5.91 Å². The van der Waals surface area contributed by atoms with Gasteiger partial charge in [-0.15, -0.1) is 0 Å². The van der Waals surface area contributed by atoms with Crippen LogP contribution in [0.5, 0.6) is 5.75 Å². The van der Waals surface area contributed by atoms with Gasteiger partial charge < -0.3 is 15.2 Å². The Hall–Kier alpha value is -1.55. The Bertz CT molecular complexity index is 422. The third-order valence-corrected chi connectivity index (χ3v) is 3.72. The van der Waals surface area contributed by atoms with Crippen LogP contribution in [-0.4, -0.2) is 23.7 Å². The zero-order valence-corrected chi connectivity index (χ0v) is 11.3. The van der Waals surface area contributed by atoms with Crippen molar-refractivity contribution in [2.45, 2.75) is 44.2 Å². The molecule has 19 heavy (non-hydrogen) atoms. The summed E-state index contributed by atoms with van der Waals surface area (Å²) in [6.45, 7) is 0.436. The molecule has 0 bridgehead atoms. The molecule has 0 saturated heterocycles. The molecule has 0 atom stereocenters. The maximum Gasteiger partial charge on any atom is 0.252 e. The second-order valence-corrected chi connectivity index (χ2v) is 5.12. The van der Waals surface area contributed by atoms with Crippen molar-refractivity contribution in [3.8, 4) is 5.75 Å². The summed E-state index contributed by atoms with van der Waals surface area (Å²) in [5, 5.41) is 13.1. The minimum atomic E-state index is -1.16. The van der Waals surface area contributed by atoms with Gasteiger partial charge in [-0.1, -0.05) is 31.4 Å². The molecule has 2 N–H and O–H groups in total. The zero-order valence-electron chi connectivity index (χ0n) is 11.3. The van der Waals surface area contributed by atoms with E-state index < -0.39 is 5.60 Å². The Morgan fingerprint density at radius 1 is 1.26 bits per heavy atom. The number of aliphatic hydroxyl groups is 1. The van der Waals surface area contributed by atoms with Crippen molar-refractivity contribution in [1.29, 1.82) is 0 Å². The largest absolute Gasteiger partial charge is 0.497 e. The predicted molar refractivity (Wildman–Crippen MR) is 72.9 cm³/mol. The van der Waals surface area contributed by atoms with Gasteiger partial charge in [-0.2, -0.15) is 0 Å². The molecule has 1 saturated carbocycles. The van der Waals surface area contributed by atoms with E-state index in [4.69, 9.17) is 4.74 Å². The Morgan fingerprint density at radius 3 is 2.47 bits per heavy atom. The second kappa shape index (κ2) is 6.06. The quantitative estimate of drug-likeness (QED) is 0.873. The van der Waals surface area contributed by atoms with Gasteiger partial charge in [0.1, 0.15) is 11.4 Å². The molecule has 2 rings (SSSR count). The van der Waals surface area contributed by atoms with Crippen LogP contribution in [-0.2, 0) is 11.3 Å². The maximum absolute atomic E-state index is 12.0. The summed E-state index contributed by atoms with van der Waals surface area (Å²) in [7, 11) is 1.62. The Labute approximate surface area is 113 Å². The molecule has 0 heterocycles. The fourth-order valence-electron chi connectivity index (χ4n) is 2.45. The summed E-state index contributed by atoms with van der Waals surface area (Å²) in [6, 6.07) is 7.53. The summed E-state index contributed by atoms with van der Waals surface area (Å²) in [4.78, 5) is 12.0. The van der Waals surface area contributed by atoms with Crippen LogP contribution < -0.4 is 10.1 Å². The van der Waals surface area contributed by atoms with Gasteiger partial charge in [0.05, 0.1) is 7.11 Å². The third-order valence-electron chi connectivity index (χ3n) is 3.72. The van der Waals surface area contributed by atoms with Crippen molar-refractivity contribution in [3.63, 3.8) is 0 Å². The van der Waals surface area contributed by atoms with Gasteiger partial charge in [0.2, 0.25) is 0 Å². The highest BCUT2D eigenvalue weighted by molar-refractivity contribution is 5.84. The highest BCUT2D eigenvalue weighted by Gasteiger charge is 2.36. The number of carbonyl (C=O) groups is 1. The molecule has 104 valence electrons. The minimum Gasteiger partial charge on any atom is -0.497 e. The normalized spacial score (nSPS) is 17.8. The number of amides is 1. The van der Waals surface area contributed by atoms with Crippen molar-refractivity contribution in [2.75, 3.05) is 7.11 Å². The van der Waals surface area contributed by atoms with E-state index >= 15 is 0 Å². The molecule has 0 aromatic heterocycles. The van der Waals surface area contributed by atoms with Crippen molar-refractivity contribution < 1.29 is 14.6 Å². The van der Waals surface area contributed by atoms with E-state index in [1.165, 1.54) is 0 Å². The Morgan fingerprint density at radius 2 is 1.89 bits per heavy atom. The maximum atomic E-state index is 12.0. The van der Waals surface area contributed by atoms with Crippen LogP contribution in [0, 0.1) is 0 Å².